The first-order chi connectivity index (χ1) is 8.47. The number of sulfonamides is 1. The zero-order chi connectivity index (χ0) is 13.2. The monoisotopic (exact) mass is 329 g/mol. The molecule has 2 rings (SSSR count). The van der Waals surface area contributed by atoms with E-state index in [0.29, 0.717) is 10.5 Å². The van der Waals surface area contributed by atoms with Crippen LogP contribution in [-0.4, -0.2) is 19.5 Å². The molecule has 0 amide bonds. The van der Waals surface area contributed by atoms with Crippen molar-refractivity contribution in [3.63, 3.8) is 0 Å². The van der Waals surface area contributed by atoms with E-state index < -0.39 is 10.0 Å². The van der Waals surface area contributed by atoms with Crippen molar-refractivity contribution in [3.05, 3.63) is 35.9 Å². The Hall–Kier alpha value is -0.810. The first kappa shape index (κ1) is 13.6. The van der Waals surface area contributed by atoms with E-state index in [1.54, 1.807) is 6.07 Å². The summed E-state index contributed by atoms with van der Waals surface area (Å²) in [7, 11) is -3.25. The van der Waals surface area contributed by atoms with E-state index in [1.165, 1.54) is 18.2 Å². The average Bonchev–Trinajstić information content (AvgIpc) is 2.29. The summed E-state index contributed by atoms with van der Waals surface area (Å²) in [5.74, 6) is 0. The molecule has 1 aliphatic rings. The van der Waals surface area contributed by atoms with Gasteiger partial charge < -0.3 is 0 Å². The minimum Gasteiger partial charge on any atom is -0.283 e. The van der Waals surface area contributed by atoms with Crippen molar-refractivity contribution in [2.24, 2.45) is 0 Å². The molecule has 1 aliphatic carbocycles. The SMILES string of the molecule is CS(=O)(=O)Nc1ccccc1C1=CCCCC1Br. The zero-order valence-corrected chi connectivity index (χ0v) is 12.6. The van der Waals surface area contributed by atoms with Crippen LogP contribution in [0, 0.1) is 0 Å². The lowest BCUT2D eigenvalue weighted by Crippen LogP contribution is -2.13. The van der Waals surface area contributed by atoms with Gasteiger partial charge in [0.15, 0.2) is 0 Å². The number of hydrogen-bond donors (Lipinski definition) is 1. The van der Waals surface area contributed by atoms with Gasteiger partial charge in [0.2, 0.25) is 10.0 Å². The molecular weight excluding hydrogens is 314 g/mol. The Kier molecular flexibility index (Phi) is 4.12. The Morgan fingerprint density at radius 1 is 1.33 bits per heavy atom. The summed E-state index contributed by atoms with van der Waals surface area (Å²) >= 11 is 3.66. The molecule has 98 valence electrons. The molecule has 1 atom stereocenters. The summed E-state index contributed by atoms with van der Waals surface area (Å²) < 4.78 is 25.3. The molecule has 0 bridgehead atoms. The van der Waals surface area contributed by atoms with Crippen molar-refractivity contribution >= 4 is 37.2 Å². The molecule has 1 N–H and O–H groups in total. The Morgan fingerprint density at radius 2 is 2.06 bits per heavy atom. The third kappa shape index (κ3) is 3.36. The van der Waals surface area contributed by atoms with Crippen LogP contribution in [0.1, 0.15) is 24.8 Å². The normalized spacial score (nSPS) is 20.3. The summed E-state index contributed by atoms with van der Waals surface area (Å²) in [5, 5.41) is 0. The van der Waals surface area contributed by atoms with Gasteiger partial charge >= 0.3 is 0 Å². The maximum absolute atomic E-state index is 11.4. The lowest BCUT2D eigenvalue weighted by Gasteiger charge is -2.21. The quantitative estimate of drug-likeness (QED) is 0.864. The Labute approximate surface area is 116 Å². The van der Waals surface area contributed by atoms with Crippen LogP contribution in [0.3, 0.4) is 0 Å². The van der Waals surface area contributed by atoms with Crippen LogP contribution < -0.4 is 4.72 Å². The summed E-state index contributed by atoms with van der Waals surface area (Å²) in [6, 6.07) is 7.52. The van der Waals surface area contributed by atoms with Gasteiger partial charge in [-0.1, -0.05) is 40.2 Å². The smallest absolute Gasteiger partial charge is 0.229 e. The largest absolute Gasteiger partial charge is 0.283 e. The van der Waals surface area contributed by atoms with E-state index in [1.807, 2.05) is 18.2 Å². The van der Waals surface area contributed by atoms with Crippen molar-refractivity contribution in [1.82, 2.24) is 0 Å². The second kappa shape index (κ2) is 5.45. The van der Waals surface area contributed by atoms with Crippen LogP contribution >= 0.6 is 15.9 Å². The number of halogens is 1. The molecule has 18 heavy (non-hydrogen) atoms. The molecule has 0 aliphatic heterocycles. The fourth-order valence-electron chi connectivity index (χ4n) is 2.14. The maximum Gasteiger partial charge on any atom is 0.229 e. The standard InChI is InChI=1S/C13H16BrNO2S/c1-18(16,17)15-13-9-5-3-7-11(13)10-6-2-4-8-12(10)14/h3,5-7,9,12,15H,2,4,8H2,1H3. The topological polar surface area (TPSA) is 46.2 Å². The molecule has 0 heterocycles. The predicted octanol–water partition coefficient (Wildman–Crippen LogP) is 3.39. The maximum atomic E-state index is 11.4. The van der Waals surface area contributed by atoms with Crippen molar-refractivity contribution in [2.45, 2.75) is 24.1 Å². The van der Waals surface area contributed by atoms with E-state index >= 15 is 0 Å². The highest BCUT2D eigenvalue weighted by Gasteiger charge is 2.19. The number of rotatable bonds is 3. The van der Waals surface area contributed by atoms with E-state index in [-0.39, 0.29) is 0 Å². The molecule has 1 aromatic carbocycles. The highest BCUT2D eigenvalue weighted by Crippen LogP contribution is 2.35. The van der Waals surface area contributed by atoms with Crippen molar-refractivity contribution in [1.29, 1.82) is 0 Å². The molecule has 1 aromatic rings. The number of alkyl halides is 1. The van der Waals surface area contributed by atoms with Crippen molar-refractivity contribution < 1.29 is 8.42 Å². The second-order valence-electron chi connectivity index (χ2n) is 4.48. The molecule has 0 saturated carbocycles. The minimum absolute atomic E-state index is 0.300. The molecular formula is C13H16BrNO2S. The first-order valence-electron chi connectivity index (χ1n) is 5.89. The molecule has 0 saturated heterocycles. The van der Waals surface area contributed by atoms with Crippen LogP contribution in [0.4, 0.5) is 5.69 Å². The van der Waals surface area contributed by atoms with Crippen LogP contribution in [0.25, 0.3) is 5.57 Å². The van der Waals surface area contributed by atoms with Gasteiger partial charge in [0.25, 0.3) is 0 Å². The molecule has 0 radical (unpaired) electrons. The number of hydrogen-bond acceptors (Lipinski definition) is 2. The highest BCUT2D eigenvalue weighted by molar-refractivity contribution is 9.09. The molecule has 0 spiro atoms. The fraction of sp³-hybridized carbons (Fsp3) is 0.385. The van der Waals surface area contributed by atoms with Crippen LogP contribution in [0.2, 0.25) is 0 Å². The van der Waals surface area contributed by atoms with Gasteiger partial charge in [-0.25, -0.2) is 8.42 Å². The van der Waals surface area contributed by atoms with Gasteiger partial charge in [-0.15, -0.1) is 0 Å². The molecule has 0 fully saturated rings. The predicted molar refractivity (Wildman–Crippen MR) is 79.5 cm³/mol. The lowest BCUT2D eigenvalue weighted by molar-refractivity contribution is 0.607. The third-order valence-electron chi connectivity index (χ3n) is 2.90. The van der Waals surface area contributed by atoms with Gasteiger partial charge in [-0.3, -0.25) is 4.72 Å². The number of para-hydroxylation sites is 1. The summed E-state index contributed by atoms with van der Waals surface area (Å²) in [6.07, 6.45) is 6.65. The minimum atomic E-state index is -3.25. The van der Waals surface area contributed by atoms with Gasteiger partial charge in [0.1, 0.15) is 0 Å². The number of benzene rings is 1. The molecule has 3 nitrogen and oxygen atoms in total. The Bertz CT molecular complexity index is 566. The van der Waals surface area contributed by atoms with Gasteiger partial charge in [-0.2, -0.15) is 0 Å². The van der Waals surface area contributed by atoms with Crippen LogP contribution in [-0.2, 0) is 10.0 Å². The van der Waals surface area contributed by atoms with Crippen molar-refractivity contribution in [2.75, 3.05) is 11.0 Å². The zero-order valence-electron chi connectivity index (χ0n) is 10.2. The Balaban J connectivity index is 2.41. The first-order valence-corrected chi connectivity index (χ1v) is 8.69. The van der Waals surface area contributed by atoms with E-state index in [2.05, 4.69) is 26.7 Å². The summed E-state index contributed by atoms with van der Waals surface area (Å²) in [6.45, 7) is 0. The van der Waals surface area contributed by atoms with E-state index in [0.717, 1.165) is 18.4 Å². The van der Waals surface area contributed by atoms with Gasteiger partial charge in [-0.05, 0) is 30.9 Å². The highest BCUT2D eigenvalue weighted by atomic mass is 79.9. The lowest BCUT2D eigenvalue weighted by atomic mass is 9.93. The van der Waals surface area contributed by atoms with E-state index in [4.69, 9.17) is 0 Å². The third-order valence-corrected chi connectivity index (χ3v) is 4.44. The summed E-state index contributed by atoms with van der Waals surface area (Å²) in [4.78, 5) is 0.300. The second-order valence-corrected chi connectivity index (χ2v) is 7.33. The molecule has 1 unspecified atom stereocenters. The van der Waals surface area contributed by atoms with Gasteiger partial charge in [0.05, 0.1) is 11.9 Å². The Morgan fingerprint density at radius 3 is 2.72 bits per heavy atom. The van der Waals surface area contributed by atoms with Crippen LogP contribution in [0.15, 0.2) is 30.3 Å². The number of allylic oxidation sites excluding steroid dienone is 2. The molecule has 5 heteroatoms. The van der Waals surface area contributed by atoms with Crippen LogP contribution in [0.5, 0.6) is 0 Å². The van der Waals surface area contributed by atoms with E-state index in [9.17, 15) is 8.42 Å². The summed E-state index contributed by atoms with van der Waals surface area (Å²) in [5.41, 5.74) is 2.79. The molecule has 0 aromatic heterocycles. The van der Waals surface area contributed by atoms with Gasteiger partial charge in [0, 0.05) is 10.4 Å². The number of anilines is 1. The number of nitrogens with one attached hydrogen (secondary N) is 1. The average molecular weight is 330 g/mol. The van der Waals surface area contributed by atoms with Crippen molar-refractivity contribution in [3.8, 4) is 0 Å². The fourth-order valence-corrected chi connectivity index (χ4v) is 3.48.